The summed E-state index contributed by atoms with van der Waals surface area (Å²) in [7, 11) is 1.56. The molecular formula is C17H19FN2O3. The van der Waals surface area contributed by atoms with Gasteiger partial charge in [0.25, 0.3) is 5.91 Å². The van der Waals surface area contributed by atoms with Gasteiger partial charge in [0.1, 0.15) is 12.4 Å². The molecule has 0 radical (unpaired) electrons. The van der Waals surface area contributed by atoms with E-state index in [4.69, 9.17) is 9.26 Å². The fourth-order valence-corrected chi connectivity index (χ4v) is 3.02. The topological polar surface area (TPSA) is 55.6 Å². The van der Waals surface area contributed by atoms with E-state index in [0.29, 0.717) is 24.4 Å². The fraction of sp³-hybridized carbons (Fsp3) is 0.412. The van der Waals surface area contributed by atoms with Gasteiger partial charge >= 0.3 is 0 Å². The molecule has 1 aromatic carbocycles. The van der Waals surface area contributed by atoms with Gasteiger partial charge in [-0.1, -0.05) is 17.3 Å². The van der Waals surface area contributed by atoms with Crippen LogP contribution in [0.25, 0.3) is 0 Å². The maximum absolute atomic E-state index is 13.3. The Kier molecular flexibility index (Phi) is 4.71. The van der Waals surface area contributed by atoms with Gasteiger partial charge in [-0.15, -0.1) is 0 Å². The minimum atomic E-state index is -0.251. The Morgan fingerprint density at radius 3 is 3.13 bits per heavy atom. The standard InChI is InChI=1S/C17H19FN2O3/c1-22-11-15-10-16(19-23-15)17(21)20-7-3-6-14(20)9-12-4-2-5-13(18)8-12/h2,4-5,8,10,14H,3,6-7,9,11H2,1H3/t14-/m0/s1. The first-order valence-electron chi connectivity index (χ1n) is 7.67. The van der Waals surface area contributed by atoms with Crippen LogP contribution in [0.5, 0.6) is 0 Å². The lowest BCUT2D eigenvalue weighted by molar-refractivity contribution is 0.0725. The van der Waals surface area contributed by atoms with Crippen LogP contribution >= 0.6 is 0 Å². The third-order valence-electron chi connectivity index (χ3n) is 4.06. The van der Waals surface area contributed by atoms with Crippen molar-refractivity contribution < 1.29 is 18.4 Å². The number of amides is 1. The third kappa shape index (κ3) is 3.59. The Labute approximate surface area is 134 Å². The molecule has 1 aromatic heterocycles. The van der Waals surface area contributed by atoms with Gasteiger partial charge in [0, 0.05) is 25.8 Å². The number of halogens is 1. The highest BCUT2D eigenvalue weighted by atomic mass is 19.1. The summed E-state index contributed by atoms with van der Waals surface area (Å²) in [4.78, 5) is 14.4. The number of ether oxygens (including phenoxy) is 1. The van der Waals surface area contributed by atoms with Gasteiger partial charge in [-0.3, -0.25) is 4.79 Å². The predicted octanol–water partition coefficient (Wildman–Crippen LogP) is 2.81. The highest BCUT2D eigenvalue weighted by molar-refractivity contribution is 5.92. The summed E-state index contributed by atoms with van der Waals surface area (Å²) in [5.41, 5.74) is 1.19. The zero-order valence-electron chi connectivity index (χ0n) is 13.0. The van der Waals surface area contributed by atoms with Crippen LogP contribution in [0, 0.1) is 5.82 Å². The fourth-order valence-electron chi connectivity index (χ4n) is 3.02. The van der Waals surface area contributed by atoms with Gasteiger partial charge in [0.2, 0.25) is 0 Å². The molecule has 122 valence electrons. The Morgan fingerprint density at radius 1 is 1.48 bits per heavy atom. The lowest BCUT2D eigenvalue weighted by Crippen LogP contribution is -2.37. The molecule has 2 aromatic rings. The van der Waals surface area contributed by atoms with Gasteiger partial charge in [-0.25, -0.2) is 4.39 Å². The number of methoxy groups -OCH3 is 1. The molecule has 0 unspecified atom stereocenters. The van der Waals surface area contributed by atoms with E-state index >= 15 is 0 Å². The van der Waals surface area contributed by atoms with Crippen molar-refractivity contribution in [3.05, 3.63) is 53.2 Å². The smallest absolute Gasteiger partial charge is 0.276 e. The Morgan fingerprint density at radius 2 is 2.35 bits per heavy atom. The van der Waals surface area contributed by atoms with Gasteiger partial charge in [0.15, 0.2) is 11.5 Å². The lowest BCUT2D eigenvalue weighted by Gasteiger charge is -2.23. The monoisotopic (exact) mass is 318 g/mol. The van der Waals surface area contributed by atoms with E-state index in [0.717, 1.165) is 18.4 Å². The third-order valence-corrected chi connectivity index (χ3v) is 4.06. The summed E-state index contributed by atoms with van der Waals surface area (Å²) in [6.45, 7) is 0.971. The van der Waals surface area contributed by atoms with Crippen LogP contribution < -0.4 is 0 Å². The molecule has 6 heteroatoms. The number of nitrogens with zero attached hydrogens (tertiary/aromatic N) is 2. The summed E-state index contributed by atoms with van der Waals surface area (Å²) in [6.07, 6.45) is 2.49. The van der Waals surface area contributed by atoms with Crippen LogP contribution in [-0.4, -0.2) is 35.7 Å². The van der Waals surface area contributed by atoms with Crippen molar-refractivity contribution in [1.82, 2.24) is 10.1 Å². The summed E-state index contributed by atoms with van der Waals surface area (Å²) in [6, 6.07) is 8.20. The number of hydrogen-bond acceptors (Lipinski definition) is 4. The molecule has 0 aliphatic carbocycles. The second-order valence-corrected chi connectivity index (χ2v) is 5.74. The van der Waals surface area contributed by atoms with Crippen molar-refractivity contribution in [2.24, 2.45) is 0 Å². The molecule has 2 heterocycles. The predicted molar refractivity (Wildman–Crippen MR) is 81.4 cm³/mol. The molecule has 1 aliphatic heterocycles. The molecular weight excluding hydrogens is 299 g/mol. The largest absolute Gasteiger partial charge is 0.377 e. The highest BCUT2D eigenvalue weighted by Gasteiger charge is 2.31. The molecule has 1 fully saturated rings. The Hall–Kier alpha value is -2.21. The van der Waals surface area contributed by atoms with Gasteiger partial charge in [-0.2, -0.15) is 0 Å². The van der Waals surface area contributed by atoms with Crippen molar-refractivity contribution in [1.29, 1.82) is 0 Å². The van der Waals surface area contributed by atoms with Crippen molar-refractivity contribution in [3.8, 4) is 0 Å². The summed E-state index contributed by atoms with van der Waals surface area (Å²) in [5.74, 6) is 0.130. The van der Waals surface area contributed by atoms with Crippen LogP contribution in [0.3, 0.4) is 0 Å². The summed E-state index contributed by atoms with van der Waals surface area (Å²) < 4.78 is 23.4. The normalized spacial score (nSPS) is 17.7. The lowest BCUT2D eigenvalue weighted by atomic mass is 10.0. The average molecular weight is 318 g/mol. The van der Waals surface area contributed by atoms with Gasteiger partial charge in [-0.05, 0) is 37.0 Å². The first-order chi connectivity index (χ1) is 11.2. The van der Waals surface area contributed by atoms with Crippen LogP contribution in [0.15, 0.2) is 34.9 Å². The van der Waals surface area contributed by atoms with Gasteiger partial charge < -0.3 is 14.2 Å². The molecule has 1 aliphatic rings. The SMILES string of the molecule is COCc1cc(C(=O)N2CCC[C@H]2Cc2cccc(F)c2)no1. The molecule has 1 saturated heterocycles. The van der Waals surface area contributed by atoms with E-state index in [1.54, 1.807) is 24.1 Å². The van der Waals surface area contributed by atoms with Crippen LogP contribution in [0.4, 0.5) is 4.39 Å². The molecule has 23 heavy (non-hydrogen) atoms. The van der Waals surface area contributed by atoms with Crippen molar-refractivity contribution in [2.75, 3.05) is 13.7 Å². The summed E-state index contributed by atoms with van der Waals surface area (Å²) >= 11 is 0. The molecule has 5 nitrogen and oxygen atoms in total. The zero-order valence-corrected chi connectivity index (χ0v) is 13.0. The molecule has 3 rings (SSSR count). The van der Waals surface area contributed by atoms with Crippen molar-refractivity contribution in [3.63, 3.8) is 0 Å². The quantitative estimate of drug-likeness (QED) is 0.850. The number of aromatic nitrogens is 1. The van der Waals surface area contributed by atoms with Crippen molar-refractivity contribution in [2.45, 2.75) is 31.9 Å². The minimum Gasteiger partial charge on any atom is -0.377 e. The molecule has 1 amide bonds. The second-order valence-electron chi connectivity index (χ2n) is 5.74. The maximum Gasteiger partial charge on any atom is 0.276 e. The van der Waals surface area contributed by atoms with Crippen LogP contribution in [-0.2, 0) is 17.8 Å². The maximum atomic E-state index is 13.3. The van der Waals surface area contributed by atoms with Crippen LogP contribution in [0.2, 0.25) is 0 Å². The van der Waals surface area contributed by atoms with E-state index in [1.165, 1.54) is 12.1 Å². The molecule has 0 saturated carbocycles. The minimum absolute atomic E-state index is 0.0619. The average Bonchev–Trinajstić information content (AvgIpc) is 3.16. The highest BCUT2D eigenvalue weighted by Crippen LogP contribution is 2.23. The first-order valence-corrected chi connectivity index (χ1v) is 7.67. The number of carbonyl (C=O) groups is 1. The summed E-state index contributed by atoms with van der Waals surface area (Å²) in [5, 5.41) is 3.83. The number of benzene rings is 1. The Bertz CT molecular complexity index is 686. The number of carbonyl (C=O) groups excluding carboxylic acids is 1. The molecule has 0 bridgehead atoms. The van der Waals surface area contributed by atoms with Crippen LogP contribution in [0.1, 0.15) is 34.7 Å². The number of likely N-dealkylation sites (tertiary alicyclic amines) is 1. The van der Waals surface area contributed by atoms with E-state index in [9.17, 15) is 9.18 Å². The Balaban J connectivity index is 1.71. The molecule has 0 N–H and O–H groups in total. The van der Waals surface area contributed by atoms with E-state index in [2.05, 4.69) is 5.16 Å². The molecule has 0 spiro atoms. The van der Waals surface area contributed by atoms with E-state index in [-0.39, 0.29) is 24.4 Å². The second kappa shape index (κ2) is 6.91. The first kappa shape index (κ1) is 15.7. The number of hydrogen-bond donors (Lipinski definition) is 0. The van der Waals surface area contributed by atoms with E-state index in [1.807, 2.05) is 6.07 Å². The van der Waals surface area contributed by atoms with Crippen molar-refractivity contribution >= 4 is 5.91 Å². The van der Waals surface area contributed by atoms with E-state index < -0.39 is 0 Å². The number of rotatable bonds is 5. The molecule has 1 atom stereocenters. The van der Waals surface area contributed by atoms with Gasteiger partial charge in [0.05, 0.1) is 0 Å². The zero-order chi connectivity index (χ0) is 16.2.